The van der Waals surface area contributed by atoms with Crippen LogP contribution in [0.2, 0.25) is 0 Å². The van der Waals surface area contributed by atoms with Crippen molar-refractivity contribution in [1.29, 1.82) is 0 Å². The Morgan fingerprint density at radius 2 is 1.91 bits per heavy atom. The number of para-hydroxylation sites is 2. The lowest BCUT2D eigenvalue weighted by Crippen LogP contribution is -2.39. The van der Waals surface area contributed by atoms with E-state index in [1.165, 1.54) is 0 Å². The van der Waals surface area contributed by atoms with Crippen LogP contribution in [0.4, 0.5) is 5.69 Å². The van der Waals surface area contributed by atoms with E-state index >= 15 is 0 Å². The molecule has 1 fully saturated rings. The molecule has 2 amide bonds. The van der Waals surface area contributed by atoms with Gasteiger partial charge in [-0.2, -0.15) is 0 Å². The summed E-state index contributed by atoms with van der Waals surface area (Å²) in [6.45, 7) is 7.56. The highest BCUT2D eigenvalue weighted by Crippen LogP contribution is 2.25. The molecule has 0 aromatic heterocycles. The third-order valence-electron chi connectivity index (χ3n) is 3.97. The van der Waals surface area contributed by atoms with Crippen LogP contribution >= 0.6 is 0 Å². The summed E-state index contributed by atoms with van der Waals surface area (Å²) >= 11 is 0. The molecule has 1 saturated heterocycles. The highest BCUT2D eigenvalue weighted by atomic mass is 16.5. The number of benzene rings is 1. The van der Waals surface area contributed by atoms with Gasteiger partial charge in [0.1, 0.15) is 12.2 Å². The quantitative estimate of drug-likeness (QED) is 0.849. The normalized spacial score (nSPS) is 15.6. The Bertz CT molecular complexity index is 549. The van der Waals surface area contributed by atoms with Gasteiger partial charge in [-0.15, -0.1) is 0 Å². The lowest BCUT2D eigenvalue weighted by Gasteiger charge is -2.30. The summed E-state index contributed by atoms with van der Waals surface area (Å²) in [7, 11) is 0. The average molecular weight is 318 g/mol. The molecule has 5 heteroatoms. The largest absolute Gasteiger partial charge is 0.489 e. The smallest absolute Gasteiger partial charge is 0.233 e. The maximum absolute atomic E-state index is 12.2. The van der Waals surface area contributed by atoms with Gasteiger partial charge in [0.2, 0.25) is 11.8 Å². The van der Waals surface area contributed by atoms with Crippen LogP contribution in [0.1, 0.15) is 40.0 Å². The van der Waals surface area contributed by atoms with Gasteiger partial charge in [-0.05, 0) is 44.7 Å². The van der Waals surface area contributed by atoms with Crippen molar-refractivity contribution in [1.82, 2.24) is 4.90 Å². The van der Waals surface area contributed by atoms with E-state index in [1.807, 2.05) is 32.0 Å². The standard InChI is InChI=1S/C18H26N2O3/c1-13(2)23-16-7-5-4-6-15(16)19-17(21)12-18(22)20-10-8-14(3)9-11-20/h4-7,13-14H,8-12H2,1-3H3,(H,19,21). The number of piperidine rings is 1. The van der Waals surface area contributed by atoms with E-state index in [4.69, 9.17) is 4.74 Å². The first-order valence-corrected chi connectivity index (χ1v) is 8.29. The van der Waals surface area contributed by atoms with Gasteiger partial charge in [-0.3, -0.25) is 9.59 Å². The van der Waals surface area contributed by atoms with Gasteiger partial charge in [-0.1, -0.05) is 19.1 Å². The second-order valence-electron chi connectivity index (χ2n) is 6.45. The molecule has 1 heterocycles. The number of hydrogen-bond acceptors (Lipinski definition) is 3. The zero-order valence-electron chi connectivity index (χ0n) is 14.2. The van der Waals surface area contributed by atoms with Gasteiger partial charge in [0.05, 0.1) is 11.8 Å². The molecule has 1 aromatic carbocycles. The van der Waals surface area contributed by atoms with Crippen LogP contribution < -0.4 is 10.1 Å². The van der Waals surface area contributed by atoms with Gasteiger partial charge in [0, 0.05) is 13.1 Å². The van der Waals surface area contributed by atoms with Gasteiger partial charge in [-0.25, -0.2) is 0 Å². The van der Waals surface area contributed by atoms with Crippen molar-refractivity contribution in [3.63, 3.8) is 0 Å². The highest BCUT2D eigenvalue weighted by Gasteiger charge is 2.22. The molecule has 126 valence electrons. The molecule has 1 aliphatic heterocycles. The van der Waals surface area contributed by atoms with Crippen LogP contribution in [0.5, 0.6) is 5.75 Å². The van der Waals surface area contributed by atoms with E-state index in [-0.39, 0.29) is 24.3 Å². The number of anilines is 1. The van der Waals surface area contributed by atoms with E-state index in [2.05, 4.69) is 12.2 Å². The summed E-state index contributed by atoms with van der Waals surface area (Å²) in [5, 5.41) is 2.78. The molecule has 1 aromatic rings. The topological polar surface area (TPSA) is 58.6 Å². The molecule has 5 nitrogen and oxygen atoms in total. The van der Waals surface area contributed by atoms with E-state index in [1.54, 1.807) is 11.0 Å². The predicted octanol–water partition coefficient (Wildman–Crippen LogP) is 3.06. The fraction of sp³-hybridized carbons (Fsp3) is 0.556. The zero-order chi connectivity index (χ0) is 16.8. The second-order valence-corrected chi connectivity index (χ2v) is 6.45. The molecule has 0 unspecified atom stereocenters. The molecule has 0 atom stereocenters. The summed E-state index contributed by atoms with van der Waals surface area (Å²) in [4.78, 5) is 26.1. The van der Waals surface area contributed by atoms with Crippen molar-refractivity contribution in [2.75, 3.05) is 18.4 Å². The van der Waals surface area contributed by atoms with Crippen LogP contribution in [-0.4, -0.2) is 35.9 Å². The summed E-state index contributed by atoms with van der Waals surface area (Å²) in [5.74, 6) is 0.883. The van der Waals surface area contributed by atoms with Crippen LogP contribution in [-0.2, 0) is 9.59 Å². The van der Waals surface area contributed by atoms with Crippen LogP contribution in [0.25, 0.3) is 0 Å². The number of carbonyl (C=O) groups is 2. The summed E-state index contributed by atoms with van der Waals surface area (Å²) in [6, 6.07) is 7.27. The highest BCUT2D eigenvalue weighted by molar-refractivity contribution is 6.04. The Kier molecular flexibility index (Phi) is 6.02. The third-order valence-corrected chi connectivity index (χ3v) is 3.97. The maximum Gasteiger partial charge on any atom is 0.233 e. The van der Waals surface area contributed by atoms with Gasteiger partial charge in [0.15, 0.2) is 0 Å². The average Bonchev–Trinajstić information content (AvgIpc) is 2.49. The molecule has 2 rings (SSSR count). The van der Waals surface area contributed by atoms with E-state index in [0.29, 0.717) is 17.4 Å². The SMILES string of the molecule is CC1CCN(C(=O)CC(=O)Nc2ccccc2OC(C)C)CC1. The summed E-state index contributed by atoms with van der Waals surface area (Å²) < 4.78 is 5.67. The Balaban J connectivity index is 1.91. The minimum absolute atomic E-state index is 0.0185. The minimum atomic E-state index is -0.298. The lowest BCUT2D eigenvalue weighted by molar-refractivity contribution is -0.135. The molecule has 0 radical (unpaired) electrons. The molecule has 1 aliphatic rings. The Morgan fingerprint density at radius 3 is 2.57 bits per heavy atom. The fourth-order valence-corrected chi connectivity index (χ4v) is 2.63. The number of ether oxygens (including phenoxy) is 1. The van der Waals surface area contributed by atoms with Gasteiger partial charge in [0.25, 0.3) is 0 Å². The zero-order valence-corrected chi connectivity index (χ0v) is 14.2. The first kappa shape index (κ1) is 17.3. The first-order valence-electron chi connectivity index (χ1n) is 8.29. The van der Waals surface area contributed by atoms with Crippen LogP contribution in [0, 0.1) is 5.92 Å². The van der Waals surface area contributed by atoms with Crippen molar-refractivity contribution in [3.8, 4) is 5.75 Å². The number of rotatable bonds is 5. The number of carbonyl (C=O) groups excluding carboxylic acids is 2. The lowest BCUT2D eigenvalue weighted by atomic mass is 9.99. The number of likely N-dealkylation sites (tertiary alicyclic amines) is 1. The van der Waals surface area contributed by atoms with Crippen molar-refractivity contribution in [2.45, 2.75) is 46.1 Å². The number of nitrogens with one attached hydrogen (secondary N) is 1. The minimum Gasteiger partial charge on any atom is -0.489 e. The fourth-order valence-electron chi connectivity index (χ4n) is 2.63. The Labute approximate surface area is 138 Å². The van der Waals surface area contributed by atoms with Crippen molar-refractivity contribution in [2.24, 2.45) is 5.92 Å². The van der Waals surface area contributed by atoms with Crippen molar-refractivity contribution < 1.29 is 14.3 Å². The summed E-state index contributed by atoms with van der Waals surface area (Å²) in [6.07, 6.45) is 1.92. The molecule has 0 spiro atoms. The number of nitrogens with zero attached hydrogens (tertiary/aromatic N) is 1. The predicted molar refractivity (Wildman–Crippen MR) is 90.4 cm³/mol. The second kappa shape index (κ2) is 7.99. The molecule has 1 N–H and O–H groups in total. The number of hydrogen-bond donors (Lipinski definition) is 1. The number of amides is 2. The summed E-state index contributed by atoms with van der Waals surface area (Å²) in [5.41, 5.74) is 0.603. The maximum atomic E-state index is 12.2. The molecule has 23 heavy (non-hydrogen) atoms. The van der Waals surface area contributed by atoms with Crippen molar-refractivity contribution >= 4 is 17.5 Å². The van der Waals surface area contributed by atoms with E-state index < -0.39 is 0 Å². The first-order chi connectivity index (χ1) is 11.0. The van der Waals surface area contributed by atoms with Crippen LogP contribution in [0.15, 0.2) is 24.3 Å². The molecule has 0 aliphatic carbocycles. The monoisotopic (exact) mass is 318 g/mol. The van der Waals surface area contributed by atoms with Crippen molar-refractivity contribution in [3.05, 3.63) is 24.3 Å². The van der Waals surface area contributed by atoms with E-state index in [0.717, 1.165) is 25.9 Å². The van der Waals surface area contributed by atoms with E-state index in [9.17, 15) is 9.59 Å². The third kappa shape index (κ3) is 5.27. The van der Waals surface area contributed by atoms with Gasteiger partial charge >= 0.3 is 0 Å². The Morgan fingerprint density at radius 1 is 1.26 bits per heavy atom. The molecular formula is C18H26N2O3. The van der Waals surface area contributed by atoms with Crippen LogP contribution in [0.3, 0.4) is 0 Å². The Hall–Kier alpha value is -2.04. The molecular weight excluding hydrogens is 292 g/mol. The van der Waals surface area contributed by atoms with Gasteiger partial charge < -0.3 is 15.0 Å². The molecule has 0 bridgehead atoms. The molecule has 0 saturated carbocycles.